The van der Waals surface area contributed by atoms with Gasteiger partial charge in [0.1, 0.15) is 6.04 Å². The first kappa shape index (κ1) is 12.8. The Labute approximate surface area is 96.1 Å². The summed E-state index contributed by atoms with van der Waals surface area (Å²) in [6, 6.07) is -0.597. The van der Waals surface area contributed by atoms with Crippen molar-refractivity contribution in [2.45, 2.75) is 57.5 Å². The maximum absolute atomic E-state index is 11.6. The van der Waals surface area contributed by atoms with Crippen LogP contribution in [0.15, 0.2) is 0 Å². The lowest BCUT2D eigenvalue weighted by molar-refractivity contribution is -0.119. The van der Waals surface area contributed by atoms with Gasteiger partial charge in [-0.2, -0.15) is 0 Å². The molecule has 1 saturated carbocycles. The zero-order valence-corrected chi connectivity index (χ0v) is 9.79. The fourth-order valence-corrected chi connectivity index (χ4v) is 2.01. The monoisotopic (exact) mass is 227 g/mol. The van der Waals surface area contributed by atoms with Crippen LogP contribution in [-0.4, -0.2) is 24.0 Å². The average molecular weight is 227 g/mol. The molecule has 0 aromatic rings. The molecule has 5 heteroatoms. The SMILES string of the molecule is CCC(NC(=O)NC1CCCCC1)C(N)=O. The number of primary amides is 1. The minimum atomic E-state index is -0.566. The Hall–Kier alpha value is -1.26. The summed E-state index contributed by atoms with van der Waals surface area (Å²) in [5.74, 6) is -0.485. The van der Waals surface area contributed by atoms with Gasteiger partial charge >= 0.3 is 6.03 Å². The van der Waals surface area contributed by atoms with Crippen molar-refractivity contribution >= 4 is 11.9 Å². The van der Waals surface area contributed by atoms with E-state index in [1.165, 1.54) is 6.42 Å². The van der Waals surface area contributed by atoms with E-state index < -0.39 is 11.9 Å². The van der Waals surface area contributed by atoms with Gasteiger partial charge in [-0.25, -0.2) is 4.79 Å². The van der Waals surface area contributed by atoms with Gasteiger partial charge in [-0.05, 0) is 19.3 Å². The van der Waals surface area contributed by atoms with Gasteiger partial charge in [-0.3, -0.25) is 4.79 Å². The quantitative estimate of drug-likeness (QED) is 0.666. The number of nitrogens with one attached hydrogen (secondary N) is 2. The first-order valence-electron chi connectivity index (χ1n) is 5.99. The molecule has 0 spiro atoms. The molecule has 0 radical (unpaired) electrons. The highest BCUT2D eigenvalue weighted by molar-refractivity contribution is 5.85. The fraction of sp³-hybridized carbons (Fsp3) is 0.818. The van der Waals surface area contributed by atoms with Crippen LogP contribution in [0.25, 0.3) is 0 Å². The topological polar surface area (TPSA) is 84.2 Å². The highest BCUT2D eigenvalue weighted by Crippen LogP contribution is 2.17. The lowest BCUT2D eigenvalue weighted by Gasteiger charge is -2.24. The number of carbonyl (C=O) groups is 2. The van der Waals surface area contributed by atoms with E-state index in [-0.39, 0.29) is 12.1 Å². The Balaban J connectivity index is 2.31. The lowest BCUT2D eigenvalue weighted by atomic mass is 9.96. The predicted molar refractivity (Wildman–Crippen MR) is 61.8 cm³/mol. The molecule has 0 bridgehead atoms. The number of carbonyl (C=O) groups excluding carboxylic acids is 2. The molecular formula is C11H21N3O2. The molecule has 0 aromatic heterocycles. The Bertz CT molecular complexity index is 250. The fourth-order valence-electron chi connectivity index (χ4n) is 2.01. The minimum Gasteiger partial charge on any atom is -0.368 e. The van der Waals surface area contributed by atoms with Crippen LogP contribution in [0.4, 0.5) is 4.79 Å². The Morgan fingerprint density at radius 2 is 1.94 bits per heavy atom. The molecule has 1 unspecified atom stereocenters. The van der Waals surface area contributed by atoms with Crippen molar-refractivity contribution in [3.63, 3.8) is 0 Å². The lowest BCUT2D eigenvalue weighted by Crippen LogP contribution is -2.50. The second-order valence-corrected chi connectivity index (χ2v) is 4.32. The second kappa shape index (κ2) is 6.35. The summed E-state index contributed by atoms with van der Waals surface area (Å²) in [7, 11) is 0. The first-order chi connectivity index (χ1) is 7.63. The third-order valence-corrected chi connectivity index (χ3v) is 3.00. The van der Waals surface area contributed by atoms with E-state index in [1.54, 1.807) is 0 Å². The number of rotatable bonds is 4. The molecule has 3 amide bonds. The number of urea groups is 1. The van der Waals surface area contributed by atoms with Gasteiger partial charge in [0.15, 0.2) is 0 Å². The smallest absolute Gasteiger partial charge is 0.315 e. The molecule has 1 aliphatic carbocycles. The number of nitrogens with two attached hydrogens (primary N) is 1. The Morgan fingerprint density at radius 3 is 2.44 bits per heavy atom. The third kappa shape index (κ3) is 4.08. The van der Waals surface area contributed by atoms with Crippen LogP contribution in [-0.2, 0) is 4.79 Å². The minimum absolute atomic E-state index is 0.249. The summed E-state index contributed by atoms with van der Waals surface area (Å²) in [5.41, 5.74) is 5.15. The number of hydrogen-bond donors (Lipinski definition) is 3. The highest BCUT2D eigenvalue weighted by Gasteiger charge is 2.19. The van der Waals surface area contributed by atoms with Crippen molar-refractivity contribution < 1.29 is 9.59 Å². The zero-order valence-electron chi connectivity index (χ0n) is 9.79. The van der Waals surface area contributed by atoms with Crippen LogP contribution in [0, 0.1) is 0 Å². The summed E-state index contributed by atoms with van der Waals surface area (Å²) in [6.45, 7) is 1.82. The van der Waals surface area contributed by atoms with Crippen LogP contribution < -0.4 is 16.4 Å². The van der Waals surface area contributed by atoms with E-state index in [2.05, 4.69) is 10.6 Å². The Kier molecular flexibility index (Phi) is 5.08. The molecule has 92 valence electrons. The van der Waals surface area contributed by atoms with Crippen molar-refractivity contribution in [1.82, 2.24) is 10.6 Å². The van der Waals surface area contributed by atoms with Gasteiger partial charge in [0.2, 0.25) is 5.91 Å². The van der Waals surface area contributed by atoms with Gasteiger partial charge in [0, 0.05) is 6.04 Å². The summed E-state index contributed by atoms with van der Waals surface area (Å²) in [6.07, 6.45) is 6.16. The summed E-state index contributed by atoms with van der Waals surface area (Å²) >= 11 is 0. The molecule has 0 heterocycles. The predicted octanol–water partition coefficient (Wildman–Crippen LogP) is 0.882. The van der Waals surface area contributed by atoms with E-state index in [1.807, 2.05) is 6.92 Å². The van der Waals surface area contributed by atoms with Crippen molar-refractivity contribution in [1.29, 1.82) is 0 Å². The highest BCUT2D eigenvalue weighted by atomic mass is 16.2. The summed E-state index contributed by atoms with van der Waals surface area (Å²) in [5, 5.41) is 5.47. The molecule has 0 aliphatic heterocycles. The van der Waals surface area contributed by atoms with Crippen molar-refractivity contribution in [2.24, 2.45) is 5.73 Å². The molecule has 0 aromatic carbocycles. The van der Waals surface area contributed by atoms with Crippen LogP contribution >= 0.6 is 0 Å². The molecule has 4 N–H and O–H groups in total. The van der Waals surface area contributed by atoms with Crippen molar-refractivity contribution in [3.05, 3.63) is 0 Å². The molecule has 1 aliphatic rings. The Morgan fingerprint density at radius 1 is 1.31 bits per heavy atom. The van der Waals surface area contributed by atoms with Crippen LogP contribution in [0.5, 0.6) is 0 Å². The molecule has 1 fully saturated rings. The number of amides is 3. The third-order valence-electron chi connectivity index (χ3n) is 3.00. The van der Waals surface area contributed by atoms with Crippen LogP contribution in [0.3, 0.4) is 0 Å². The zero-order chi connectivity index (χ0) is 12.0. The van der Waals surface area contributed by atoms with E-state index in [4.69, 9.17) is 5.73 Å². The molecular weight excluding hydrogens is 206 g/mol. The van der Waals surface area contributed by atoms with Gasteiger partial charge in [0.25, 0.3) is 0 Å². The maximum Gasteiger partial charge on any atom is 0.315 e. The normalized spacial score (nSPS) is 18.8. The van der Waals surface area contributed by atoms with E-state index in [0.29, 0.717) is 6.42 Å². The van der Waals surface area contributed by atoms with Gasteiger partial charge in [-0.1, -0.05) is 26.2 Å². The van der Waals surface area contributed by atoms with Crippen molar-refractivity contribution in [3.8, 4) is 0 Å². The maximum atomic E-state index is 11.6. The van der Waals surface area contributed by atoms with Crippen LogP contribution in [0.1, 0.15) is 45.4 Å². The van der Waals surface area contributed by atoms with Gasteiger partial charge in [-0.15, -0.1) is 0 Å². The second-order valence-electron chi connectivity index (χ2n) is 4.32. The summed E-state index contributed by atoms with van der Waals surface area (Å²) < 4.78 is 0. The van der Waals surface area contributed by atoms with Crippen molar-refractivity contribution in [2.75, 3.05) is 0 Å². The van der Waals surface area contributed by atoms with Gasteiger partial charge < -0.3 is 16.4 Å². The molecule has 1 atom stereocenters. The van der Waals surface area contributed by atoms with E-state index in [0.717, 1.165) is 25.7 Å². The molecule has 5 nitrogen and oxygen atoms in total. The molecule has 0 saturated heterocycles. The first-order valence-corrected chi connectivity index (χ1v) is 5.99. The number of hydrogen-bond acceptors (Lipinski definition) is 2. The van der Waals surface area contributed by atoms with Crippen LogP contribution in [0.2, 0.25) is 0 Å². The van der Waals surface area contributed by atoms with E-state index in [9.17, 15) is 9.59 Å². The standard InChI is InChI=1S/C11H21N3O2/c1-2-9(10(12)15)14-11(16)13-8-6-4-3-5-7-8/h8-9H,2-7H2,1H3,(H2,12,15)(H2,13,14,16). The molecule has 1 rings (SSSR count). The largest absolute Gasteiger partial charge is 0.368 e. The average Bonchev–Trinajstić information content (AvgIpc) is 2.27. The molecule has 16 heavy (non-hydrogen) atoms. The summed E-state index contributed by atoms with van der Waals surface area (Å²) in [4.78, 5) is 22.5. The van der Waals surface area contributed by atoms with E-state index >= 15 is 0 Å². The van der Waals surface area contributed by atoms with Gasteiger partial charge in [0.05, 0.1) is 0 Å².